The van der Waals surface area contributed by atoms with Gasteiger partial charge in [-0.15, -0.1) is 65.4 Å². The van der Waals surface area contributed by atoms with Gasteiger partial charge in [-0.25, -0.2) is 0 Å². The average molecular weight is 651 g/mol. The molecule has 0 spiro atoms. The van der Waals surface area contributed by atoms with Gasteiger partial charge in [-0.1, -0.05) is 47.3 Å². The molecule has 3 nitrogen and oxygen atoms in total. The third-order valence-corrected chi connectivity index (χ3v) is 6.30. The second-order valence-corrected chi connectivity index (χ2v) is 8.33. The van der Waals surface area contributed by atoms with Crippen LogP contribution in [0.25, 0.3) is 54.5 Å². The first-order chi connectivity index (χ1) is 18.5. The minimum absolute atomic E-state index is 0. The van der Waals surface area contributed by atoms with E-state index in [0.717, 1.165) is 37.7 Å². The van der Waals surface area contributed by atoms with Crippen molar-refractivity contribution >= 4 is 43.4 Å². The Morgan fingerprint density at radius 2 is 1.71 bits per heavy atom. The zero-order chi connectivity index (χ0) is 26.2. The molecule has 5 heteroatoms. The van der Waals surface area contributed by atoms with Gasteiger partial charge in [0.05, 0.1) is 15.8 Å². The van der Waals surface area contributed by atoms with Crippen molar-refractivity contribution in [2.24, 2.45) is 0 Å². The number of hydrogen-bond donors (Lipinski definition) is 0. The molecule has 0 bridgehead atoms. The van der Waals surface area contributed by atoms with E-state index < -0.39 is 0 Å². The Morgan fingerprint density at radius 1 is 0.800 bits per heavy atom. The van der Waals surface area contributed by atoms with Gasteiger partial charge in [0.15, 0.2) is 0 Å². The number of aromatic nitrogens is 2. The van der Waals surface area contributed by atoms with Crippen LogP contribution in [0.1, 0.15) is 5.48 Å². The predicted octanol–water partition coefficient (Wildman–Crippen LogP) is 8.21. The van der Waals surface area contributed by atoms with Crippen molar-refractivity contribution in [3.8, 4) is 22.5 Å². The quantitative estimate of drug-likeness (QED) is 0.177. The van der Waals surface area contributed by atoms with E-state index in [2.05, 4.69) is 22.1 Å². The molecule has 171 valence electrons. The molecule has 0 amide bonds. The van der Waals surface area contributed by atoms with E-state index in [9.17, 15) is 0 Å². The average Bonchev–Trinajstić information content (AvgIpc) is 3.60. The zero-order valence-electron chi connectivity index (χ0n) is 22.1. The maximum Gasteiger partial charge on any atom is 0.138 e. The van der Waals surface area contributed by atoms with Crippen LogP contribution in [0.2, 0.25) is 0 Å². The molecule has 7 rings (SSSR count). The smallest absolute Gasteiger partial charge is 0.138 e. The normalized spacial score (nSPS) is 12.2. The molecule has 0 aliphatic carbocycles. The third-order valence-electron chi connectivity index (χ3n) is 5.37. The number of fused-ring (bicyclic) bond motifs is 5. The minimum Gasteiger partial charge on any atom is -0.499 e. The zero-order valence-corrected chi connectivity index (χ0v) is 21.3. The molecule has 0 fully saturated rings. The fourth-order valence-electron chi connectivity index (χ4n) is 3.82. The van der Waals surface area contributed by atoms with Gasteiger partial charge >= 0.3 is 0 Å². The van der Waals surface area contributed by atoms with E-state index in [4.69, 9.17) is 9.90 Å². The van der Waals surface area contributed by atoms with Crippen molar-refractivity contribution in [3.05, 3.63) is 121 Å². The van der Waals surface area contributed by atoms with Crippen LogP contribution in [-0.2, 0) is 20.1 Å². The van der Waals surface area contributed by atoms with Crippen LogP contribution in [0, 0.1) is 12.1 Å². The predicted molar refractivity (Wildman–Crippen MR) is 140 cm³/mol. The van der Waals surface area contributed by atoms with E-state index in [-0.39, 0.29) is 50.1 Å². The second-order valence-electron chi connectivity index (χ2n) is 7.42. The summed E-state index contributed by atoms with van der Waals surface area (Å²) in [5, 5.41) is 4.95. The maximum absolute atomic E-state index is 8.17. The summed E-state index contributed by atoms with van der Waals surface area (Å²) in [7, 11) is 0. The Bertz CT molecular complexity index is 1890. The van der Waals surface area contributed by atoms with Crippen LogP contribution in [0.15, 0.2) is 113 Å². The monoisotopic (exact) mass is 651 g/mol. The fraction of sp³-hybridized carbons (Fsp3) is 0. The molecule has 35 heavy (non-hydrogen) atoms. The molecule has 3 aromatic carbocycles. The van der Waals surface area contributed by atoms with Crippen LogP contribution in [0.5, 0.6) is 0 Å². The van der Waals surface area contributed by atoms with Gasteiger partial charge in [0.1, 0.15) is 5.58 Å². The Hall–Kier alpha value is -3.63. The Labute approximate surface area is 226 Å². The van der Waals surface area contributed by atoms with E-state index in [1.54, 1.807) is 23.6 Å². The van der Waals surface area contributed by atoms with Crippen molar-refractivity contribution in [2.75, 3.05) is 0 Å². The molecule has 0 unspecified atom stereocenters. The summed E-state index contributed by atoms with van der Waals surface area (Å²) in [4.78, 5) is 8.28. The molecule has 0 atom stereocenters. The van der Waals surface area contributed by atoms with Crippen molar-refractivity contribution < 1.29 is 30.0 Å². The van der Waals surface area contributed by atoms with Gasteiger partial charge in [0.2, 0.25) is 0 Å². The van der Waals surface area contributed by atoms with Crippen molar-refractivity contribution in [1.82, 2.24) is 9.97 Å². The van der Waals surface area contributed by atoms with Gasteiger partial charge in [-0.3, -0.25) is 0 Å². The number of benzene rings is 3. The summed E-state index contributed by atoms with van der Waals surface area (Å²) in [6.45, 7) is 0. The largest absolute Gasteiger partial charge is 0.499 e. The number of thiophene rings is 1. The van der Waals surface area contributed by atoms with E-state index >= 15 is 0 Å². The molecule has 0 aliphatic heterocycles. The minimum atomic E-state index is -0.351. The van der Waals surface area contributed by atoms with E-state index in [0.29, 0.717) is 11.1 Å². The van der Waals surface area contributed by atoms with E-state index in [1.807, 2.05) is 72.1 Å². The van der Waals surface area contributed by atoms with E-state index in [1.165, 1.54) is 0 Å². The fourth-order valence-corrected chi connectivity index (χ4v) is 4.70. The molecule has 0 saturated carbocycles. The van der Waals surface area contributed by atoms with Gasteiger partial charge < -0.3 is 14.4 Å². The first-order valence-corrected chi connectivity index (χ1v) is 11.5. The van der Waals surface area contributed by atoms with Gasteiger partial charge in [0.25, 0.3) is 0 Å². The summed E-state index contributed by atoms with van der Waals surface area (Å²) in [5.74, 6) is 0. The van der Waals surface area contributed by atoms with Crippen LogP contribution >= 0.6 is 11.3 Å². The molecule has 4 heterocycles. The Balaban J connectivity index is 0.000000200. The number of nitrogens with zero attached hydrogens (tertiary/aromatic N) is 2. The number of pyridine rings is 2. The van der Waals surface area contributed by atoms with Gasteiger partial charge in [-0.2, -0.15) is 0 Å². The first kappa shape index (κ1) is 18.7. The molecule has 0 aliphatic rings. The van der Waals surface area contributed by atoms with Gasteiger partial charge in [-0.05, 0) is 40.3 Å². The summed E-state index contributed by atoms with van der Waals surface area (Å²) < 4.78 is 38.8. The molecule has 1 radical (unpaired) electrons. The Morgan fingerprint density at radius 3 is 2.57 bits per heavy atom. The van der Waals surface area contributed by atoms with Crippen LogP contribution in [0.4, 0.5) is 0 Å². The molecule has 4 aromatic heterocycles. The van der Waals surface area contributed by atoms with Crippen molar-refractivity contribution in [2.45, 2.75) is 0 Å². The standard InChI is InChI=1S/C19H10NOS.C11H8N.Ir/c1-2-10-20-16(6-1)15-5-3-4-13-14-8-7-12-9-11-22-19(12)18(14)21-17(13)15;1-2-6-10(7-3-1)11-8-4-5-9-12-11;/h1-4,6-11H;1-6,8-9H;/q2*-1;/i1D,2D,6D,10D;;. The van der Waals surface area contributed by atoms with Gasteiger partial charge in [0, 0.05) is 37.9 Å². The Kier molecular flexibility index (Phi) is 5.51. The molecular weight excluding hydrogens is 629 g/mol. The maximum atomic E-state index is 8.17. The molecular formula is C30H18IrN2OS-2. The van der Waals surface area contributed by atoms with Crippen LogP contribution in [-0.4, -0.2) is 9.97 Å². The summed E-state index contributed by atoms with van der Waals surface area (Å²) in [5.41, 5.74) is 3.89. The van der Waals surface area contributed by atoms with Crippen LogP contribution < -0.4 is 0 Å². The topological polar surface area (TPSA) is 38.9 Å². The SMILES string of the molecule is [2H]c1nc(-c2[c-]ccc3c2oc2c3ccc3ccsc32)c([2H])c([2H])c1[2H].[Ir].[c-]1ccccc1-c1ccccn1. The third kappa shape index (κ3) is 4.54. The molecule has 7 aromatic rings. The summed E-state index contributed by atoms with van der Waals surface area (Å²) in [6.07, 6.45) is 1.46. The number of rotatable bonds is 2. The van der Waals surface area contributed by atoms with Crippen molar-refractivity contribution in [1.29, 1.82) is 0 Å². The molecule has 0 saturated heterocycles. The first-order valence-electron chi connectivity index (χ1n) is 12.6. The van der Waals surface area contributed by atoms with Crippen LogP contribution in [0.3, 0.4) is 0 Å². The molecule has 0 N–H and O–H groups in total. The summed E-state index contributed by atoms with van der Waals surface area (Å²) in [6, 6.07) is 28.7. The second kappa shape index (κ2) is 10.3. The van der Waals surface area contributed by atoms with Crippen molar-refractivity contribution in [3.63, 3.8) is 0 Å². The number of furan rings is 1. The summed E-state index contributed by atoms with van der Waals surface area (Å²) >= 11 is 1.60. The number of hydrogen-bond acceptors (Lipinski definition) is 4.